The molecule has 2 aromatic rings. The molecule has 1 aromatic heterocycles. The number of likely N-dealkylation sites (tertiary alicyclic amines) is 1. The van der Waals surface area contributed by atoms with E-state index in [9.17, 15) is 9.90 Å². The summed E-state index contributed by atoms with van der Waals surface area (Å²) in [7, 11) is 0. The first-order chi connectivity index (χ1) is 11.6. The maximum absolute atomic E-state index is 12.3. The normalized spacial score (nSPS) is 27.5. The number of halogens is 1. The number of aromatic amines is 1. The van der Waals surface area contributed by atoms with Gasteiger partial charge in [-0.3, -0.25) is 9.69 Å². The average molecular weight is 349 g/mol. The summed E-state index contributed by atoms with van der Waals surface area (Å²) in [6.45, 7) is 3.96. The van der Waals surface area contributed by atoms with Crippen molar-refractivity contribution in [1.29, 1.82) is 0 Å². The molecule has 1 aromatic carbocycles. The number of H-pyrrole nitrogens is 1. The number of pyridine rings is 1. The second-order valence-electron chi connectivity index (χ2n) is 7.08. The molecular formula is C18H21ClN2O3. The van der Waals surface area contributed by atoms with E-state index in [0.717, 1.165) is 37.3 Å². The molecule has 24 heavy (non-hydrogen) atoms. The number of nitrogens with one attached hydrogen (secondary N) is 1. The lowest BCUT2D eigenvalue weighted by Crippen LogP contribution is -2.42. The van der Waals surface area contributed by atoms with Crippen molar-refractivity contribution in [3.05, 3.63) is 45.2 Å². The SMILES string of the molecule is O=c1cc(CN2C[C@@H]3CCOC[C@]3(CO)C2)[nH]c2ccc(Cl)cc12. The number of benzene rings is 1. The predicted octanol–water partition coefficient (Wildman–Crippen LogP) is 2.01. The van der Waals surface area contributed by atoms with Gasteiger partial charge in [0.1, 0.15) is 0 Å². The van der Waals surface area contributed by atoms with Gasteiger partial charge in [-0.2, -0.15) is 0 Å². The maximum atomic E-state index is 12.3. The monoisotopic (exact) mass is 348 g/mol. The second kappa shape index (κ2) is 6.15. The standard InChI is InChI=1S/C18H21ClN2O3/c19-13-1-2-16-15(5-13)17(23)6-14(20-16)8-21-7-12-3-4-24-11-18(12,9-21)10-22/h1-2,5-6,12,22H,3-4,7-11H2,(H,20,23)/t12-,18+/m0/s1. The van der Waals surface area contributed by atoms with Crippen molar-refractivity contribution < 1.29 is 9.84 Å². The Hall–Kier alpha value is -1.40. The largest absolute Gasteiger partial charge is 0.396 e. The van der Waals surface area contributed by atoms with Crippen molar-refractivity contribution in [2.24, 2.45) is 11.3 Å². The minimum atomic E-state index is -0.150. The third-order valence-corrected chi connectivity index (χ3v) is 5.67. The van der Waals surface area contributed by atoms with E-state index in [1.165, 1.54) is 0 Å². The van der Waals surface area contributed by atoms with Crippen molar-refractivity contribution in [2.75, 3.05) is 32.9 Å². The van der Waals surface area contributed by atoms with Gasteiger partial charge in [-0.1, -0.05) is 11.6 Å². The molecular weight excluding hydrogens is 328 g/mol. The summed E-state index contributed by atoms with van der Waals surface area (Å²) in [5.41, 5.74) is 1.53. The fourth-order valence-corrected chi connectivity index (χ4v) is 4.32. The van der Waals surface area contributed by atoms with Crippen molar-refractivity contribution in [2.45, 2.75) is 13.0 Å². The van der Waals surface area contributed by atoms with Gasteiger partial charge in [-0.15, -0.1) is 0 Å². The van der Waals surface area contributed by atoms with Crippen LogP contribution in [0.1, 0.15) is 12.1 Å². The van der Waals surface area contributed by atoms with E-state index in [2.05, 4.69) is 9.88 Å². The zero-order valence-electron chi connectivity index (χ0n) is 13.4. The highest BCUT2D eigenvalue weighted by Gasteiger charge is 2.47. The van der Waals surface area contributed by atoms with Crippen molar-refractivity contribution >= 4 is 22.5 Å². The number of fused-ring (bicyclic) bond motifs is 2. The molecule has 0 bridgehead atoms. The van der Waals surface area contributed by atoms with Crippen molar-refractivity contribution in [3.8, 4) is 0 Å². The van der Waals surface area contributed by atoms with Gasteiger partial charge in [0.15, 0.2) is 5.43 Å². The fourth-order valence-electron chi connectivity index (χ4n) is 4.15. The number of nitrogens with zero attached hydrogens (tertiary/aromatic N) is 1. The van der Waals surface area contributed by atoms with E-state index in [0.29, 0.717) is 29.5 Å². The minimum absolute atomic E-state index is 0.0157. The summed E-state index contributed by atoms with van der Waals surface area (Å²) < 4.78 is 5.61. The van der Waals surface area contributed by atoms with Crippen LogP contribution in [0.2, 0.25) is 5.02 Å². The van der Waals surface area contributed by atoms with Crippen LogP contribution >= 0.6 is 11.6 Å². The molecule has 128 valence electrons. The van der Waals surface area contributed by atoms with Crippen LogP contribution in [0.25, 0.3) is 10.9 Å². The van der Waals surface area contributed by atoms with E-state index >= 15 is 0 Å². The first-order valence-corrected chi connectivity index (χ1v) is 8.70. The van der Waals surface area contributed by atoms with Crippen LogP contribution in [0.15, 0.2) is 29.1 Å². The Morgan fingerprint density at radius 2 is 2.29 bits per heavy atom. The Kier molecular flexibility index (Phi) is 4.12. The smallest absolute Gasteiger partial charge is 0.189 e. The number of rotatable bonds is 3. The van der Waals surface area contributed by atoms with Gasteiger partial charge in [0.2, 0.25) is 0 Å². The molecule has 2 aliphatic heterocycles. The number of aliphatic hydroxyl groups is 1. The Morgan fingerprint density at radius 1 is 1.42 bits per heavy atom. The molecule has 6 heteroatoms. The number of hydrogen-bond donors (Lipinski definition) is 2. The van der Waals surface area contributed by atoms with E-state index in [4.69, 9.17) is 16.3 Å². The van der Waals surface area contributed by atoms with Crippen LogP contribution in [-0.4, -0.2) is 47.9 Å². The van der Waals surface area contributed by atoms with Gasteiger partial charge in [0.05, 0.1) is 13.2 Å². The minimum Gasteiger partial charge on any atom is -0.396 e. The summed E-state index contributed by atoms with van der Waals surface area (Å²) in [5.74, 6) is 0.460. The van der Waals surface area contributed by atoms with Crippen LogP contribution in [0.4, 0.5) is 0 Å². The molecule has 0 radical (unpaired) electrons. The summed E-state index contributed by atoms with van der Waals surface area (Å²) in [5, 5.41) is 11.0. The van der Waals surface area contributed by atoms with E-state index in [1.807, 2.05) is 6.07 Å². The zero-order chi connectivity index (χ0) is 16.7. The van der Waals surface area contributed by atoms with Crippen molar-refractivity contribution in [3.63, 3.8) is 0 Å². The van der Waals surface area contributed by atoms with Crippen LogP contribution in [0.5, 0.6) is 0 Å². The quantitative estimate of drug-likeness (QED) is 0.890. The Bertz CT molecular complexity index is 822. The highest BCUT2D eigenvalue weighted by atomic mass is 35.5. The summed E-state index contributed by atoms with van der Waals surface area (Å²) in [4.78, 5) is 18.0. The highest BCUT2D eigenvalue weighted by molar-refractivity contribution is 6.31. The number of hydrogen-bond acceptors (Lipinski definition) is 4. The zero-order valence-corrected chi connectivity index (χ0v) is 14.2. The average Bonchev–Trinajstić information content (AvgIpc) is 2.94. The first-order valence-electron chi connectivity index (χ1n) is 8.32. The predicted molar refractivity (Wildman–Crippen MR) is 93.3 cm³/mol. The molecule has 2 saturated heterocycles. The van der Waals surface area contributed by atoms with Gasteiger partial charge in [0.25, 0.3) is 0 Å². The lowest BCUT2D eigenvalue weighted by molar-refractivity contribution is -0.0561. The molecule has 4 rings (SSSR count). The third-order valence-electron chi connectivity index (χ3n) is 5.44. The summed E-state index contributed by atoms with van der Waals surface area (Å²) >= 11 is 5.97. The van der Waals surface area contributed by atoms with E-state index in [-0.39, 0.29) is 17.5 Å². The van der Waals surface area contributed by atoms with Gasteiger partial charge < -0.3 is 14.8 Å². The first kappa shape index (κ1) is 16.1. The molecule has 0 aliphatic carbocycles. The van der Waals surface area contributed by atoms with Gasteiger partial charge >= 0.3 is 0 Å². The molecule has 2 atom stereocenters. The van der Waals surface area contributed by atoms with Crippen molar-refractivity contribution in [1.82, 2.24) is 9.88 Å². The molecule has 0 unspecified atom stereocenters. The van der Waals surface area contributed by atoms with Crippen LogP contribution in [0, 0.1) is 11.3 Å². The van der Waals surface area contributed by atoms with E-state index in [1.54, 1.807) is 18.2 Å². The van der Waals surface area contributed by atoms with Crippen LogP contribution in [0.3, 0.4) is 0 Å². The highest BCUT2D eigenvalue weighted by Crippen LogP contribution is 2.41. The van der Waals surface area contributed by atoms with Gasteiger partial charge in [0, 0.05) is 59.3 Å². The van der Waals surface area contributed by atoms with Crippen LogP contribution in [-0.2, 0) is 11.3 Å². The lowest BCUT2D eigenvalue weighted by Gasteiger charge is -2.36. The van der Waals surface area contributed by atoms with Gasteiger partial charge in [-0.25, -0.2) is 0 Å². The topological polar surface area (TPSA) is 65.6 Å². The molecule has 0 amide bonds. The second-order valence-corrected chi connectivity index (χ2v) is 7.51. The summed E-state index contributed by atoms with van der Waals surface area (Å²) in [6.07, 6.45) is 0.990. The lowest BCUT2D eigenvalue weighted by atomic mass is 9.76. The Labute approximate surface area is 145 Å². The molecule has 5 nitrogen and oxygen atoms in total. The Balaban J connectivity index is 1.59. The fraction of sp³-hybridized carbons (Fsp3) is 0.500. The molecule has 2 aliphatic rings. The van der Waals surface area contributed by atoms with Gasteiger partial charge in [-0.05, 0) is 30.5 Å². The van der Waals surface area contributed by atoms with Crippen LogP contribution < -0.4 is 5.43 Å². The molecule has 0 saturated carbocycles. The molecule has 3 heterocycles. The molecule has 2 N–H and O–H groups in total. The molecule has 0 spiro atoms. The number of ether oxygens (including phenoxy) is 1. The number of aromatic nitrogens is 1. The summed E-state index contributed by atoms with van der Waals surface area (Å²) in [6, 6.07) is 6.98. The van der Waals surface area contributed by atoms with E-state index < -0.39 is 0 Å². The molecule has 2 fully saturated rings. The number of aliphatic hydroxyl groups excluding tert-OH is 1. The Morgan fingerprint density at radius 3 is 3.08 bits per heavy atom. The third kappa shape index (κ3) is 2.75. The maximum Gasteiger partial charge on any atom is 0.189 e.